The zero-order chi connectivity index (χ0) is 14.1. The summed E-state index contributed by atoms with van der Waals surface area (Å²) >= 11 is 0. The molecule has 0 aromatic heterocycles. The Morgan fingerprint density at radius 3 is 2.32 bits per heavy atom. The highest BCUT2D eigenvalue weighted by molar-refractivity contribution is 5.44. The molecule has 0 aliphatic carbocycles. The maximum atomic E-state index is 5.64. The molecule has 0 spiro atoms. The van der Waals surface area contributed by atoms with Crippen molar-refractivity contribution in [3.8, 4) is 23.3 Å². The lowest BCUT2D eigenvalue weighted by molar-refractivity contribution is 0.287. The van der Waals surface area contributed by atoms with E-state index >= 15 is 0 Å². The average Bonchev–Trinajstić information content (AvgIpc) is 2.41. The topological polar surface area (TPSA) is 18.5 Å². The standard InChI is InChI=1S/C17H24O2/c1-5-8-9-10-14(4)15-11-12-16(18-6-2)17(13-15)19-7-3/h11-14H,5-7,10H2,1-4H3. The van der Waals surface area contributed by atoms with Crippen LogP contribution in [0.1, 0.15) is 52.0 Å². The van der Waals surface area contributed by atoms with Crippen LogP contribution in [-0.4, -0.2) is 13.2 Å². The number of benzene rings is 1. The van der Waals surface area contributed by atoms with Crippen LogP contribution >= 0.6 is 0 Å². The molecule has 1 unspecified atom stereocenters. The highest BCUT2D eigenvalue weighted by atomic mass is 16.5. The monoisotopic (exact) mass is 260 g/mol. The zero-order valence-corrected chi connectivity index (χ0v) is 12.5. The molecule has 0 radical (unpaired) electrons. The van der Waals surface area contributed by atoms with Crippen LogP contribution < -0.4 is 9.47 Å². The lowest BCUT2D eigenvalue weighted by Gasteiger charge is -2.14. The summed E-state index contributed by atoms with van der Waals surface area (Å²) in [6, 6.07) is 6.17. The predicted molar refractivity (Wildman–Crippen MR) is 79.9 cm³/mol. The van der Waals surface area contributed by atoms with Gasteiger partial charge < -0.3 is 9.47 Å². The third-order valence-corrected chi connectivity index (χ3v) is 2.85. The van der Waals surface area contributed by atoms with E-state index in [0.717, 1.165) is 24.3 Å². The van der Waals surface area contributed by atoms with Crippen LogP contribution in [0.2, 0.25) is 0 Å². The van der Waals surface area contributed by atoms with E-state index in [1.165, 1.54) is 5.56 Å². The van der Waals surface area contributed by atoms with Gasteiger partial charge in [0, 0.05) is 12.8 Å². The molecule has 0 saturated carbocycles. The summed E-state index contributed by atoms with van der Waals surface area (Å²) in [7, 11) is 0. The molecule has 1 aromatic carbocycles. The molecule has 0 N–H and O–H groups in total. The third-order valence-electron chi connectivity index (χ3n) is 2.85. The van der Waals surface area contributed by atoms with Crippen molar-refractivity contribution in [2.45, 2.75) is 46.5 Å². The molecule has 0 aliphatic heterocycles. The molecule has 1 atom stereocenters. The van der Waals surface area contributed by atoms with E-state index in [4.69, 9.17) is 9.47 Å². The van der Waals surface area contributed by atoms with E-state index in [2.05, 4.69) is 37.8 Å². The van der Waals surface area contributed by atoms with Gasteiger partial charge in [-0.1, -0.05) is 19.9 Å². The first-order valence-corrected chi connectivity index (χ1v) is 7.08. The summed E-state index contributed by atoms with van der Waals surface area (Å²) in [5.74, 6) is 8.38. The molecule has 1 aromatic rings. The normalized spacial score (nSPS) is 11.4. The molecule has 0 saturated heterocycles. The Labute approximate surface area is 117 Å². The van der Waals surface area contributed by atoms with Gasteiger partial charge in [0.2, 0.25) is 0 Å². The lowest BCUT2D eigenvalue weighted by Crippen LogP contribution is -2.00. The molecule has 2 heteroatoms. The number of ether oxygens (including phenoxy) is 2. The summed E-state index contributed by atoms with van der Waals surface area (Å²) in [6.45, 7) is 9.52. The Morgan fingerprint density at radius 2 is 1.68 bits per heavy atom. The predicted octanol–water partition coefficient (Wildman–Crippen LogP) is 4.39. The summed E-state index contributed by atoms with van der Waals surface area (Å²) in [4.78, 5) is 0. The second-order valence-electron chi connectivity index (χ2n) is 4.38. The first-order valence-electron chi connectivity index (χ1n) is 7.08. The molecule has 0 amide bonds. The number of rotatable bonds is 6. The molecule has 0 aliphatic rings. The van der Waals surface area contributed by atoms with E-state index in [1.807, 2.05) is 19.9 Å². The van der Waals surface area contributed by atoms with Gasteiger partial charge in [-0.15, -0.1) is 11.8 Å². The minimum Gasteiger partial charge on any atom is -0.490 e. The van der Waals surface area contributed by atoms with E-state index in [9.17, 15) is 0 Å². The zero-order valence-electron chi connectivity index (χ0n) is 12.5. The Bertz CT molecular complexity index is 440. The van der Waals surface area contributed by atoms with Gasteiger partial charge in [0.05, 0.1) is 13.2 Å². The van der Waals surface area contributed by atoms with Crippen LogP contribution in [0.25, 0.3) is 0 Å². The third kappa shape index (κ3) is 4.87. The minimum absolute atomic E-state index is 0.411. The SMILES string of the molecule is CCC#CCC(C)c1ccc(OCC)c(OCC)c1. The number of hydrogen-bond acceptors (Lipinski definition) is 2. The van der Waals surface area contributed by atoms with Crippen molar-refractivity contribution in [3.05, 3.63) is 23.8 Å². The largest absolute Gasteiger partial charge is 0.490 e. The van der Waals surface area contributed by atoms with Crippen LogP contribution in [0.15, 0.2) is 18.2 Å². The molecule has 2 nitrogen and oxygen atoms in total. The Morgan fingerprint density at radius 1 is 1.00 bits per heavy atom. The molecule has 104 valence electrons. The fourth-order valence-corrected chi connectivity index (χ4v) is 1.84. The van der Waals surface area contributed by atoms with Gasteiger partial charge in [0.1, 0.15) is 0 Å². The highest BCUT2D eigenvalue weighted by Gasteiger charge is 2.10. The van der Waals surface area contributed by atoms with Crippen LogP contribution in [0.5, 0.6) is 11.5 Å². The summed E-state index contributed by atoms with van der Waals surface area (Å²) < 4.78 is 11.2. The second kappa shape index (κ2) is 8.48. The molecule has 0 heterocycles. The minimum atomic E-state index is 0.411. The second-order valence-corrected chi connectivity index (χ2v) is 4.38. The average molecular weight is 260 g/mol. The van der Waals surface area contributed by atoms with Gasteiger partial charge >= 0.3 is 0 Å². The van der Waals surface area contributed by atoms with Gasteiger partial charge in [0.25, 0.3) is 0 Å². The quantitative estimate of drug-likeness (QED) is 0.706. The summed E-state index contributed by atoms with van der Waals surface area (Å²) in [5, 5.41) is 0. The van der Waals surface area contributed by atoms with Crippen molar-refractivity contribution in [2.75, 3.05) is 13.2 Å². The summed E-state index contributed by atoms with van der Waals surface area (Å²) in [5.41, 5.74) is 1.25. The van der Waals surface area contributed by atoms with Crippen molar-refractivity contribution in [3.63, 3.8) is 0 Å². The van der Waals surface area contributed by atoms with Gasteiger partial charge in [-0.3, -0.25) is 0 Å². The highest BCUT2D eigenvalue weighted by Crippen LogP contribution is 2.32. The van der Waals surface area contributed by atoms with Gasteiger partial charge in [-0.25, -0.2) is 0 Å². The van der Waals surface area contributed by atoms with Gasteiger partial charge in [-0.05, 0) is 37.5 Å². The molecule has 0 fully saturated rings. The van der Waals surface area contributed by atoms with Crippen LogP contribution in [0.4, 0.5) is 0 Å². The van der Waals surface area contributed by atoms with Crippen molar-refractivity contribution >= 4 is 0 Å². The van der Waals surface area contributed by atoms with Crippen LogP contribution in [0, 0.1) is 11.8 Å². The van der Waals surface area contributed by atoms with Crippen LogP contribution in [0.3, 0.4) is 0 Å². The molecule has 0 bridgehead atoms. The van der Waals surface area contributed by atoms with E-state index in [1.54, 1.807) is 0 Å². The molecular formula is C17H24O2. The van der Waals surface area contributed by atoms with Crippen molar-refractivity contribution in [1.82, 2.24) is 0 Å². The van der Waals surface area contributed by atoms with E-state index in [0.29, 0.717) is 19.1 Å². The van der Waals surface area contributed by atoms with Crippen molar-refractivity contribution < 1.29 is 9.47 Å². The van der Waals surface area contributed by atoms with E-state index in [-0.39, 0.29) is 0 Å². The first kappa shape index (κ1) is 15.4. The van der Waals surface area contributed by atoms with Crippen molar-refractivity contribution in [1.29, 1.82) is 0 Å². The lowest BCUT2D eigenvalue weighted by atomic mass is 9.97. The van der Waals surface area contributed by atoms with E-state index < -0.39 is 0 Å². The fourth-order valence-electron chi connectivity index (χ4n) is 1.84. The van der Waals surface area contributed by atoms with Crippen LogP contribution in [-0.2, 0) is 0 Å². The smallest absolute Gasteiger partial charge is 0.161 e. The number of hydrogen-bond donors (Lipinski definition) is 0. The Kier molecular flexibility index (Phi) is 6.89. The maximum absolute atomic E-state index is 5.64. The molecule has 19 heavy (non-hydrogen) atoms. The maximum Gasteiger partial charge on any atom is 0.161 e. The van der Waals surface area contributed by atoms with Gasteiger partial charge in [-0.2, -0.15) is 0 Å². The molecule has 1 rings (SSSR count). The van der Waals surface area contributed by atoms with Crippen molar-refractivity contribution in [2.24, 2.45) is 0 Å². The first-order chi connectivity index (χ1) is 9.22. The van der Waals surface area contributed by atoms with Gasteiger partial charge in [0.15, 0.2) is 11.5 Å². The Hall–Kier alpha value is -1.62. The Balaban J connectivity index is 2.87. The summed E-state index contributed by atoms with van der Waals surface area (Å²) in [6.07, 6.45) is 1.80. The molecular weight excluding hydrogens is 236 g/mol. The fraction of sp³-hybridized carbons (Fsp3) is 0.529.